The van der Waals surface area contributed by atoms with Crippen LogP contribution in [-0.2, 0) is 0 Å². The molecule has 0 aromatic heterocycles. The summed E-state index contributed by atoms with van der Waals surface area (Å²) in [6.45, 7) is 3.83. The Morgan fingerprint density at radius 2 is 1.86 bits per heavy atom. The highest BCUT2D eigenvalue weighted by atomic mass is 16.2. The molecule has 0 spiro atoms. The summed E-state index contributed by atoms with van der Waals surface area (Å²) in [6, 6.07) is 12.8. The minimum atomic E-state index is -0.172. The highest BCUT2D eigenvalue weighted by Gasteiger charge is 2.08. The number of benzene rings is 2. The molecule has 2 rings (SSSR count). The fraction of sp³-hybridized carbons (Fsp3) is 0.167. The van der Waals surface area contributed by atoms with Crippen LogP contribution in [0.5, 0.6) is 0 Å². The maximum Gasteiger partial charge on any atom is 0.255 e. The Kier molecular flexibility index (Phi) is 4.76. The molecule has 2 aromatic carbocycles. The van der Waals surface area contributed by atoms with Gasteiger partial charge in [-0.25, -0.2) is 0 Å². The molecular formula is C18H17NO2. The first-order valence-electron chi connectivity index (χ1n) is 6.69. The normalized spacial score (nSPS) is 9.67. The molecule has 3 heteroatoms. The van der Waals surface area contributed by atoms with Crippen LogP contribution in [0.15, 0.2) is 42.5 Å². The first-order chi connectivity index (χ1) is 10.1. The van der Waals surface area contributed by atoms with Crippen molar-refractivity contribution < 1.29 is 9.90 Å². The maximum atomic E-state index is 12.2. The van der Waals surface area contributed by atoms with Gasteiger partial charge < -0.3 is 10.4 Å². The molecule has 0 radical (unpaired) electrons. The zero-order valence-electron chi connectivity index (χ0n) is 12.1. The standard InChI is InChI=1S/C18H17NO2/c1-13-5-3-7-17(14(13)2)19-18(21)16-10-8-15(9-11-16)6-4-12-20/h3,5,7-11,20H,12H2,1-2H3,(H,19,21). The number of aryl methyl sites for hydroxylation is 1. The smallest absolute Gasteiger partial charge is 0.255 e. The van der Waals surface area contributed by atoms with E-state index in [1.807, 2.05) is 32.0 Å². The number of rotatable bonds is 2. The van der Waals surface area contributed by atoms with Crippen LogP contribution in [0.3, 0.4) is 0 Å². The number of hydrogen-bond acceptors (Lipinski definition) is 2. The lowest BCUT2D eigenvalue weighted by Gasteiger charge is -2.10. The molecule has 0 unspecified atom stereocenters. The SMILES string of the molecule is Cc1cccc(NC(=O)c2ccc(C#CCO)cc2)c1C. The number of carbonyl (C=O) groups excluding carboxylic acids is 1. The summed E-state index contributed by atoms with van der Waals surface area (Å²) in [6.07, 6.45) is 0. The molecule has 0 saturated heterocycles. The Labute approximate surface area is 124 Å². The topological polar surface area (TPSA) is 49.3 Å². The van der Waals surface area contributed by atoms with Crippen molar-refractivity contribution in [2.75, 3.05) is 11.9 Å². The molecule has 0 saturated carbocycles. The van der Waals surface area contributed by atoms with Crippen molar-refractivity contribution in [3.8, 4) is 11.8 Å². The van der Waals surface area contributed by atoms with Crippen LogP contribution in [-0.4, -0.2) is 17.6 Å². The quantitative estimate of drug-likeness (QED) is 0.830. The summed E-state index contributed by atoms with van der Waals surface area (Å²) < 4.78 is 0. The molecule has 21 heavy (non-hydrogen) atoms. The lowest BCUT2D eigenvalue weighted by molar-refractivity contribution is 0.102. The molecule has 2 aromatic rings. The lowest BCUT2D eigenvalue weighted by Crippen LogP contribution is -2.13. The maximum absolute atomic E-state index is 12.2. The fourth-order valence-electron chi connectivity index (χ4n) is 1.93. The number of hydrogen-bond donors (Lipinski definition) is 2. The molecule has 0 atom stereocenters. The van der Waals surface area contributed by atoms with Gasteiger partial charge in [-0.1, -0.05) is 24.0 Å². The van der Waals surface area contributed by atoms with Crippen LogP contribution in [0.1, 0.15) is 27.0 Å². The van der Waals surface area contributed by atoms with Gasteiger partial charge in [0, 0.05) is 16.8 Å². The number of anilines is 1. The van der Waals surface area contributed by atoms with Crippen LogP contribution >= 0.6 is 0 Å². The van der Waals surface area contributed by atoms with Gasteiger partial charge in [0.05, 0.1) is 0 Å². The van der Waals surface area contributed by atoms with Gasteiger partial charge in [0.1, 0.15) is 6.61 Å². The van der Waals surface area contributed by atoms with Gasteiger partial charge in [-0.2, -0.15) is 0 Å². The van der Waals surface area contributed by atoms with Gasteiger partial charge in [0.25, 0.3) is 5.91 Å². The van der Waals surface area contributed by atoms with Crippen molar-refractivity contribution in [3.63, 3.8) is 0 Å². The highest BCUT2D eigenvalue weighted by molar-refractivity contribution is 6.04. The summed E-state index contributed by atoms with van der Waals surface area (Å²) >= 11 is 0. The predicted octanol–water partition coefficient (Wildman–Crippen LogP) is 2.90. The number of nitrogens with one attached hydrogen (secondary N) is 1. The summed E-state index contributed by atoms with van der Waals surface area (Å²) in [4.78, 5) is 12.2. The van der Waals surface area contributed by atoms with Crippen LogP contribution in [0.2, 0.25) is 0 Å². The van der Waals surface area contributed by atoms with Crippen molar-refractivity contribution in [3.05, 3.63) is 64.7 Å². The third-order valence-corrected chi connectivity index (χ3v) is 3.31. The molecule has 0 aliphatic heterocycles. The van der Waals surface area contributed by atoms with Gasteiger partial charge in [-0.3, -0.25) is 4.79 Å². The number of aliphatic hydroxyl groups is 1. The number of carbonyl (C=O) groups is 1. The van der Waals surface area contributed by atoms with E-state index in [1.54, 1.807) is 24.3 Å². The van der Waals surface area contributed by atoms with Crippen LogP contribution in [0.4, 0.5) is 5.69 Å². The van der Waals surface area contributed by atoms with E-state index >= 15 is 0 Å². The highest BCUT2D eigenvalue weighted by Crippen LogP contribution is 2.18. The molecule has 106 valence electrons. The van der Waals surface area contributed by atoms with Crippen molar-refractivity contribution in [2.45, 2.75) is 13.8 Å². The molecule has 2 N–H and O–H groups in total. The summed E-state index contributed by atoms with van der Waals surface area (Å²) in [7, 11) is 0. The minimum absolute atomic E-state index is 0.148. The summed E-state index contributed by atoms with van der Waals surface area (Å²) in [5.41, 5.74) is 4.38. The Balaban J connectivity index is 2.15. The van der Waals surface area contributed by atoms with E-state index in [2.05, 4.69) is 17.2 Å². The van der Waals surface area contributed by atoms with Gasteiger partial charge in [0.2, 0.25) is 0 Å². The van der Waals surface area contributed by atoms with Crippen molar-refractivity contribution in [2.24, 2.45) is 0 Å². The monoisotopic (exact) mass is 279 g/mol. The first kappa shape index (κ1) is 14.8. The molecule has 0 heterocycles. The average Bonchev–Trinajstić information content (AvgIpc) is 2.50. The average molecular weight is 279 g/mol. The number of amides is 1. The molecule has 1 amide bonds. The van der Waals surface area contributed by atoms with Gasteiger partial charge in [0.15, 0.2) is 0 Å². The minimum Gasteiger partial charge on any atom is -0.384 e. The lowest BCUT2D eigenvalue weighted by atomic mass is 10.1. The van der Waals surface area contributed by atoms with Gasteiger partial charge in [-0.05, 0) is 55.3 Å². The molecular weight excluding hydrogens is 262 g/mol. The van der Waals surface area contributed by atoms with Crippen LogP contribution < -0.4 is 5.32 Å². The van der Waals surface area contributed by atoms with Crippen molar-refractivity contribution in [1.29, 1.82) is 0 Å². The molecule has 0 aliphatic rings. The van der Waals surface area contributed by atoms with E-state index in [9.17, 15) is 4.79 Å². The van der Waals surface area contributed by atoms with Gasteiger partial charge >= 0.3 is 0 Å². The van der Waals surface area contributed by atoms with Crippen molar-refractivity contribution in [1.82, 2.24) is 0 Å². The second kappa shape index (κ2) is 6.74. The number of aliphatic hydroxyl groups excluding tert-OH is 1. The zero-order chi connectivity index (χ0) is 15.2. The van der Waals surface area contributed by atoms with E-state index in [4.69, 9.17) is 5.11 Å². The molecule has 3 nitrogen and oxygen atoms in total. The Morgan fingerprint density at radius 3 is 2.52 bits per heavy atom. The molecule has 0 fully saturated rings. The molecule has 0 bridgehead atoms. The third-order valence-electron chi connectivity index (χ3n) is 3.31. The van der Waals surface area contributed by atoms with Crippen LogP contribution in [0.25, 0.3) is 0 Å². The summed E-state index contributed by atoms with van der Waals surface area (Å²) in [5.74, 6) is 5.22. The largest absolute Gasteiger partial charge is 0.384 e. The second-order valence-electron chi connectivity index (χ2n) is 4.74. The summed E-state index contributed by atoms with van der Waals surface area (Å²) in [5, 5.41) is 11.6. The van der Waals surface area contributed by atoms with Crippen molar-refractivity contribution >= 4 is 11.6 Å². The molecule has 0 aliphatic carbocycles. The second-order valence-corrected chi connectivity index (χ2v) is 4.74. The fourth-order valence-corrected chi connectivity index (χ4v) is 1.93. The van der Waals surface area contributed by atoms with E-state index in [-0.39, 0.29) is 12.5 Å². The van der Waals surface area contributed by atoms with Crippen LogP contribution in [0, 0.1) is 25.7 Å². The Bertz CT molecular complexity index is 706. The van der Waals surface area contributed by atoms with E-state index < -0.39 is 0 Å². The van der Waals surface area contributed by atoms with E-state index in [0.29, 0.717) is 5.56 Å². The zero-order valence-corrected chi connectivity index (χ0v) is 12.1. The predicted molar refractivity (Wildman–Crippen MR) is 84.3 cm³/mol. The van der Waals surface area contributed by atoms with E-state index in [1.165, 1.54) is 0 Å². The van der Waals surface area contributed by atoms with Gasteiger partial charge in [-0.15, -0.1) is 0 Å². The Morgan fingerprint density at radius 1 is 1.14 bits per heavy atom. The van der Waals surface area contributed by atoms with E-state index in [0.717, 1.165) is 22.4 Å². The first-order valence-corrected chi connectivity index (χ1v) is 6.69. The Hall–Kier alpha value is -2.57. The third kappa shape index (κ3) is 3.71.